The van der Waals surface area contributed by atoms with E-state index in [1.165, 1.54) is 0 Å². The van der Waals surface area contributed by atoms with Gasteiger partial charge in [-0.25, -0.2) is 9.18 Å². The van der Waals surface area contributed by atoms with E-state index in [0.29, 0.717) is 25.3 Å². The van der Waals surface area contributed by atoms with Gasteiger partial charge in [0.2, 0.25) is 5.91 Å². The molecule has 3 aromatic carbocycles. The van der Waals surface area contributed by atoms with Crippen LogP contribution in [0.2, 0.25) is 0 Å². The number of aromatic nitrogens is 2. The summed E-state index contributed by atoms with van der Waals surface area (Å²) in [6.07, 6.45) is -0.591. The number of carboxylic acids is 1. The third kappa shape index (κ3) is 5.95. The normalized spacial score (nSPS) is 20.8. The van der Waals surface area contributed by atoms with Crippen LogP contribution in [-0.2, 0) is 26.3 Å². The second-order valence-electron chi connectivity index (χ2n) is 11.4. The molecule has 240 valence electrons. The maximum atomic E-state index is 14.8. The molecule has 1 saturated carbocycles. The number of fused-ring (bicyclic) bond motifs is 3. The van der Waals surface area contributed by atoms with Gasteiger partial charge in [-0.1, -0.05) is 36.4 Å². The van der Waals surface area contributed by atoms with Crippen LogP contribution in [0.5, 0.6) is 5.75 Å². The van der Waals surface area contributed by atoms with Crippen molar-refractivity contribution < 1.29 is 41.7 Å². The molecule has 1 saturated heterocycles. The number of hydrogen-bond donors (Lipinski definition) is 3. The van der Waals surface area contributed by atoms with Crippen LogP contribution in [0.15, 0.2) is 54.6 Å². The van der Waals surface area contributed by atoms with Crippen LogP contribution in [-0.4, -0.2) is 71.7 Å². The Kier molecular flexibility index (Phi) is 8.30. The van der Waals surface area contributed by atoms with E-state index in [1.54, 1.807) is 13.2 Å². The lowest BCUT2D eigenvalue weighted by Gasteiger charge is -2.26. The number of aromatic amines is 1. The Labute approximate surface area is 260 Å². The third-order valence-electron chi connectivity index (χ3n) is 8.59. The number of carbonyl (C=O) groups is 2. The Morgan fingerprint density at radius 1 is 1.15 bits per heavy atom. The fourth-order valence-corrected chi connectivity index (χ4v) is 6.15. The Hall–Kier alpha value is -4.75. The molecular weight excluding hydrogens is 608 g/mol. The molecule has 2 fully saturated rings. The monoisotopic (exact) mass is 638 g/mol. The number of carboxylic acid groups (broad SMARTS) is 1. The SMILES string of the molecule is COc1cc2c(/C=C/c3ccc(CN4CCOCC4)c(F)c3)n[nH]c2cc1[C@@H]1C[C@@]12C(=O)Nc1ccccc12.O=C(O)C(F)(F)F. The summed E-state index contributed by atoms with van der Waals surface area (Å²) in [6, 6.07) is 17.3. The van der Waals surface area contributed by atoms with Crippen molar-refractivity contribution in [3.63, 3.8) is 0 Å². The van der Waals surface area contributed by atoms with E-state index in [9.17, 15) is 22.4 Å². The summed E-state index contributed by atoms with van der Waals surface area (Å²) in [7, 11) is 1.65. The van der Waals surface area contributed by atoms with Gasteiger partial charge in [-0.15, -0.1) is 0 Å². The number of carbonyl (C=O) groups excluding carboxylic acids is 1. The highest BCUT2D eigenvalue weighted by Crippen LogP contribution is 2.66. The number of ether oxygens (including phenoxy) is 2. The maximum absolute atomic E-state index is 14.8. The molecule has 0 unspecified atom stereocenters. The number of aliphatic carboxylic acids is 1. The standard InChI is InChI=1S/C31H29FN4O3.C2HF3O2/c1-38-29-16-22-26(9-7-19-6-8-20(25(32)14-19)18-36-10-12-39-13-11-36)34-35-28(22)15-21(29)24-17-31(24)23-4-2-3-5-27(23)33-30(31)37;3-2(4,5)1(6)7/h2-9,14-16,24H,10-13,17-18H2,1H3,(H,33,37)(H,34,35);(H,6,7)/b9-7+;/t24-,31-;/m0./s1. The average molecular weight is 639 g/mol. The molecule has 13 heteroatoms. The number of rotatable bonds is 6. The second kappa shape index (κ2) is 12.2. The summed E-state index contributed by atoms with van der Waals surface area (Å²) in [5.41, 5.74) is 5.46. The number of methoxy groups -OCH3 is 1. The molecule has 2 aliphatic heterocycles. The molecule has 9 nitrogen and oxygen atoms in total. The number of H-pyrrole nitrogens is 1. The van der Waals surface area contributed by atoms with Gasteiger partial charge in [0.05, 0.1) is 36.9 Å². The Balaban J connectivity index is 0.000000480. The van der Waals surface area contributed by atoms with E-state index >= 15 is 0 Å². The van der Waals surface area contributed by atoms with Crippen molar-refractivity contribution >= 4 is 40.6 Å². The minimum absolute atomic E-state index is 0.0294. The molecule has 46 heavy (non-hydrogen) atoms. The van der Waals surface area contributed by atoms with Crippen molar-refractivity contribution in [3.8, 4) is 5.75 Å². The highest BCUT2D eigenvalue weighted by molar-refractivity contribution is 6.10. The summed E-state index contributed by atoms with van der Waals surface area (Å²) in [5.74, 6) is -2.16. The van der Waals surface area contributed by atoms with Crippen molar-refractivity contribution in [2.45, 2.75) is 30.5 Å². The minimum atomic E-state index is -5.08. The first-order chi connectivity index (χ1) is 22.0. The first-order valence-electron chi connectivity index (χ1n) is 14.5. The molecule has 1 aliphatic carbocycles. The number of benzene rings is 3. The van der Waals surface area contributed by atoms with E-state index in [1.807, 2.05) is 60.7 Å². The molecule has 1 amide bonds. The van der Waals surface area contributed by atoms with Crippen molar-refractivity contribution in [1.82, 2.24) is 15.1 Å². The topological polar surface area (TPSA) is 117 Å². The lowest BCUT2D eigenvalue weighted by molar-refractivity contribution is -0.192. The molecule has 0 bridgehead atoms. The predicted molar refractivity (Wildman–Crippen MR) is 162 cm³/mol. The zero-order valence-corrected chi connectivity index (χ0v) is 24.7. The van der Waals surface area contributed by atoms with E-state index in [2.05, 4.69) is 20.4 Å². The molecule has 0 radical (unpaired) electrons. The first kappa shape index (κ1) is 31.2. The average Bonchev–Trinajstić information content (AvgIpc) is 3.57. The number of amides is 1. The van der Waals surface area contributed by atoms with Gasteiger partial charge in [0.25, 0.3) is 0 Å². The zero-order valence-electron chi connectivity index (χ0n) is 24.7. The van der Waals surface area contributed by atoms with Crippen LogP contribution in [0.1, 0.15) is 40.3 Å². The molecule has 1 spiro atoms. The molecule has 7 rings (SSSR count). The quantitative estimate of drug-likeness (QED) is 0.231. The van der Waals surface area contributed by atoms with Crippen LogP contribution in [0, 0.1) is 5.82 Å². The predicted octanol–water partition coefficient (Wildman–Crippen LogP) is 5.72. The Morgan fingerprint density at radius 2 is 1.89 bits per heavy atom. The fourth-order valence-electron chi connectivity index (χ4n) is 6.15. The van der Waals surface area contributed by atoms with Gasteiger partial charge in [-0.05, 0) is 47.9 Å². The highest BCUT2D eigenvalue weighted by Gasteiger charge is 2.65. The smallest absolute Gasteiger partial charge is 0.490 e. The third-order valence-corrected chi connectivity index (χ3v) is 8.59. The number of halogens is 4. The largest absolute Gasteiger partial charge is 0.496 e. The summed E-state index contributed by atoms with van der Waals surface area (Å²) in [6.45, 7) is 3.61. The summed E-state index contributed by atoms with van der Waals surface area (Å²) in [4.78, 5) is 24.1. The van der Waals surface area contributed by atoms with Crippen molar-refractivity contribution in [1.29, 1.82) is 0 Å². The number of nitrogens with one attached hydrogen (secondary N) is 2. The van der Waals surface area contributed by atoms with Crippen molar-refractivity contribution in [2.24, 2.45) is 0 Å². The summed E-state index contributed by atoms with van der Waals surface area (Å²) in [5, 5.41) is 18.7. The minimum Gasteiger partial charge on any atom is -0.496 e. The molecule has 1 aromatic heterocycles. The van der Waals surface area contributed by atoms with Crippen LogP contribution < -0.4 is 10.1 Å². The fraction of sp³-hybridized carbons (Fsp3) is 0.303. The first-order valence-corrected chi connectivity index (χ1v) is 14.5. The number of anilines is 1. The van der Waals surface area contributed by atoms with E-state index in [-0.39, 0.29) is 17.6 Å². The number of hydrogen-bond acceptors (Lipinski definition) is 6. The highest BCUT2D eigenvalue weighted by atomic mass is 19.4. The Bertz CT molecular complexity index is 1830. The van der Waals surface area contributed by atoms with Crippen LogP contribution in [0.3, 0.4) is 0 Å². The molecule has 4 aromatic rings. The van der Waals surface area contributed by atoms with E-state index in [0.717, 1.165) is 64.2 Å². The van der Waals surface area contributed by atoms with Gasteiger partial charge in [-0.2, -0.15) is 18.3 Å². The lowest BCUT2D eigenvalue weighted by atomic mass is 9.91. The summed E-state index contributed by atoms with van der Waals surface area (Å²) < 4.78 is 57.8. The molecular formula is C33H30F4N4O5. The second-order valence-corrected chi connectivity index (χ2v) is 11.4. The van der Waals surface area contributed by atoms with Crippen molar-refractivity contribution in [2.75, 3.05) is 38.7 Å². The van der Waals surface area contributed by atoms with Gasteiger partial charge < -0.3 is 19.9 Å². The van der Waals surface area contributed by atoms with Gasteiger partial charge >= 0.3 is 12.1 Å². The maximum Gasteiger partial charge on any atom is 0.490 e. The van der Waals surface area contributed by atoms with Crippen LogP contribution >= 0.6 is 0 Å². The lowest BCUT2D eigenvalue weighted by Crippen LogP contribution is -2.35. The number of para-hydroxylation sites is 1. The van der Waals surface area contributed by atoms with Crippen molar-refractivity contribution in [3.05, 3.63) is 88.4 Å². The van der Waals surface area contributed by atoms with Gasteiger partial charge in [-0.3, -0.25) is 14.8 Å². The number of alkyl halides is 3. The molecule has 3 N–H and O–H groups in total. The van der Waals surface area contributed by atoms with Gasteiger partial charge in [0.1, 0.15) is 11.6 Å². The molecule has 3 aliphatic rings. The van der Waals surface area contributed by atoms with Gasteiger partial charge in [0, 0.05) is 47.8 Å². The van der Waals surface area contributed by atoms with Gasteiger partial charge in [0.15, 0.2) is 0 Å². The van der Waals surface area contributed by atoms with Crippen LogP contribution in [0.4, 0.5) is 23.2 Å². The number of morpholine rings is 1. The zero-order chi connectivity index (χ0) is 32.6. The molecule has 2 atom stereocenters. The van der Waals surface area contributed by atoms with E-state index in [4.69, 9.17) is 19.4 Å². The number of nitrogens with zero attached hydrogens (tertiary/aromatic N) is 2. The van der Waals surface area contributed by atoms with E-state index < -0.39 is 17.6 Å². The summed E-state index contributed by atoms with van der Waals surface area (Å²) >= 11 is 0. The molecule has 3 heterocycles. The van der Waals surface area contributed by atoms with Crippen LogP contribution in [0.25, 0.3) is 23.1 Å². The Morgan fingerprint density at radius 3 is 2.59 bits per heavy atom.